The van der Waals surface area contributed by atoms with Crippen molar-refractivity contribution in [3.63, 3.8) is 0 Å². The first kappa shape index (κ1) is 13.2. The Kier molecular flexibility index (Phi) is 3.87. The Bertz CT molecular complexity index is 622. The van der Waals surface area contributed by atoms with Gasteiger partial charge in [-0.2, -0.15) is 0 Å². The third-order valence-corrected chi connectivity index (χ3v) is 2.71. The number of benzene rings is 1. The summed E-state index contributed by atoms with van der Waals surface area (Å²) >= 11 is 5.80. The number of carbonyl (C=O) groups excluding carboxylic acids is 1. The lowest BCUT2D eigenvalue weighted by molar-refractivity contribution is -0.116. The molecule has 0 aliphatic carbocycles. The summed E-state index contributed by atoms with van der Waals surface area (Å²) in [6, 6.07) is 9.76. The Morgan fingerprint density at radius 2 is 2.05 bits per heavy atom. The van der Waals surface area contributed by atoms with E-state index in [9.17, 15) is 9.59 Å². The van der Waals surface area contributed by atoms with Gasteiger partial charge in [-0.1, -0.05) is 17.7 Å². The van der Waals surface area contributed by atoms with E-state index in [4.69, 9.17) is 16.7 Å². The number of carbonyl (C=O) groups is 2. The van der Waals surface area contributed by atoms with Gasteiger partial charge in [-0.15, -0.1) is 0 Å². The minimum absolute atomic E-state index is 0.0683. The molecule has 0 saturated carbocycles. The van der Waals surface area contributed by atoms with Crippen molar-refractivity contribution in [1.29, 1.82) is 0 Å². The Morgan fingerprint density at radius 1 is 1.26 bits per heavy atom. The first-order valence-electron chi connectivity index (χ1n) is 5.50. The number of carboxylic acids is 1. The molecule has 2 rings (SSSR count). The van der Waals surface area contributed by atoms with Crippen molar-refractivity contribution in [3.05, 3.63) is 53.3 Å². The van der Waals surface area contributed by atoms with Crippen LogP contribution in [0.4, 0.5) is 5.69 Å². The summed E-state index contributed by atoms with van der Waals surface area (Å²) in [5.41, 5.74) is 0.641. The van der Waals surface area contributed by atoms with Gasteiger partial charge in [-0.3, -0.25) is 4.79 Å². The summed E-state index contributed by atoms with van der Waals surface area (Å²) < 4.78 is 1.36. The molecule has 0 unspecified atom stereocenters. The molecule has 5 nitrogen and oxygen atoms in total. The smallest absolute Gasteiger partial charge is 0.352 e. The van der Waals surface area contributed by atoms with Crippen molar-refractivity contribution in [2.24, 2.45) is 0 Å². The van der Waals surface area contributed by atoms with Gasteiger partial charge in [0, 0.05) is 16.9 Å². The van der Waals surface area contributed by atoms with E-state index < -0.39 is 5.97 Å². The number of amides is 1. The van der Waals surface area contributed by atoms with Gasteiger partial charge in [-0.25, -0.2) is 4.79 Å². The Hall–Kier alpha value is -2.27. The highest BCUT2D eigenvalue weighted by Crippen LogP contribution is 2.15. The predicted octanol–water partition coefficient (Wildman–Crippen LogP) is 2.48. The maximum absolute atomic E-state index is 11.8. The summed E-state index contributed by atoms with van der Waals surface area (Å²) in [5, 5.41) is 12.1. The average molecular weight is 279 g/mol. The molecule has 0 aliphatic heterocycles. The second-order valence-corrected chi connectivity index (χ2v) is 4.32. The van der Waals surface area contributed by atoms with Gasteiger partial charge in [0.25, 0.3) is 0 Å². The highest BCUT2D eigenvalue weighted by Gasteiger charge is 2.11. The van der Waals surface area contributed by atoms with E-state index in [1.165, 1.54) is 10.6 Å². The molecule has 0 radical (unpaired) electrons. The van der Waals surface area contributed by atoms with Gasteiger partial charge < -0.3 is 15.0 Å². The summed E-state index contributed by atoms with van der Waals surface area (Å²) in [5.74, 6) is -1.39. The first-order valence-corrected chi connectivity index (χ1v) is 5.88. The van der Waals surface area contributed by atoms with Crippen LogP contribution < -0.4 is 5.32 Å². The predicted molar refractivity (Wildman–Crippen MR) is 71.5 cm³/mol. The molecular weight excluding hydrogens is 268 g/mol. The lowest BCUT2D eigenvalue weighted by atomic mass is 10.3. The molecule has 1 amide bonds. The summed E-state index contributed by atoms with van der Waals surface area (Å²) in [7, 11) is 0. The lowest BCUT2D eigenvalue weighted by Gasteiger charge is -2.08. The minimum atomic E-state index is -1.07. The zero-order valence-corrected chi connectivity index (χ0v) is 10.6. The monoisotopic (exact) mass is 278 g/mol. The normalized spacial score (nSPS) is 10.2. The van der Waals surface area contributed by atoms with E-state index in [0.717, 1.165) is 0 Å². The topological polar surface area (TPSA) is 71.3 Å². The van der Waals surface area contributed by atoms with Gasteiger partial charge in [0.1, 0.15) is 12.2 Å². The molecule has 0 saturated heterocycles. The lowest BCUT2D eigenvalue weighted by Crippen LogP contribution is -2.20. The van der Waals surface area contributed by atoms with E-state index >= 15 is 0 Å². The fraction of sp³-hybridized carbons (Fsp3) is 0.0769. The Balaban J connectivity index is 2.05. The van der Waals surface area contributed by atoms with Crippen molar-refractivity contribution in [1.82, 2.24) is 4.57 Å². The van der Waals surface area contributed by atoms with Crippen LogP contribution in [0.3, 0.4) is 0 Å². The number of hydrogen-bond donors (Lipinski definition) is 2. The number of nitrogens with zero attached hydrogens (tertiary/aromatic N) is 1. The number of aromatic carboxylic acids is 1. The van der Waals surface area contributed by atoms with E-state index in [-0.39, 0.29) is 18.1 Å². The summed E-state index contributed by atoms with van der Waals surface area (Å²) in [4.78, 5) is 22.7. The van der Waals surface area contributed by atoms with Crippen molar-refractivity contribution >= 4 is 29.2 Å². The first-order chi connectivity index (χ1) is 9.06. The maximum atomic E-state index is 11.8. The quantitative estimate of drug-likeness (QED) is 0.902. The second-order valence-electron chi connectivity index (χ2n) is 3.89. The van der Waals surface area contributed by atoms with E-state index in [0.29, 0.717) is 10.7 Å². The third kappa shape index (κ3) is 3.35. The van der Waals surface area contributed by atoms with Gasteiger partial charge in [0.2, 0.25) is 5.91 Å². The molecule has 0 spiro atoms. The highest BCUT2D eigenvalue weighted by atomic mass is 35.5. The molecule has 0 aliphatic rings. The molecule has 6 heteroatoms. The Morgan fingerprint density at radius 3 is 2.74 bits per heavy atom. The molecule has 0 atom stereocenters. The number of anilines is 1. The molecule has 1 aromatic heterocycles. The van der Waals surface area contributed by atoms with E-state index in [1.54, 1.807) is 36.5 Å². The zero-order chi connectivity index (χ0) is 13.8. The molecule has 0 bridgehead atoms. The highest BCUT2D eigenvalue weighted by molar-refractivity contribution is 6.30. The van der Waals surface area contributed by atoms with Crippen LogP contribution in [-0.2, 0) is 11.3 Å². The van der Waals surface area contributed by atoms with Crippen molar-refractivity contribution < 1.29 is 14.7 Å². The van der Waals surface area contributed by atoms with Crippen LogP contribution in [0.2, 0.25) is 5.02 Å². The van der Waals surface area contributed by atoms with E-state index in [1.807, 2.05) is 0 Å². The van der Waals surface area contributed by atoms with Crippen LogP contribution in [0.15, 0.2) is 42.6 Å². The van der Waals surface area contributed by atoms with E-state index in [2.05, 4.69) is 5.32 Å². The molecule has 98 valence electrons. The summed E-state index contributed by atoms with van der Waals surface area (Å²) in [6.07, 6.45) is 1.54. The maximum Gasteiger partial charge on any atom is 0.352 e. The van der Waals surface area contributed by atoms with Crippen molar-refractivity contribution in [3.8, 4) is 0 Å². The fourth-order valence-electron chi connectivity index (χ4n) is 1.67. The number of aromatic nitrogens is 1. The number of nitrogens with one attached hydrogen (secondary N) is 1. The molecular formula is C13H11ClN2O3. The van der Waals surface area contributed by atoms with Gasteiger partial charge >= 0.3 is 5.97 Å². The van der Waals surface area contributed by atoms with Crippen LogP contribution in [0, 0.1) is 0 Å². The number of halogens is 1. The number of hydrogen-bond acceptors (Lipinski definition) is 2. The van der Waals surface area contributed by atoms with Crippen LogP contribution >= 0.6 is 11.6 Å². The summed E-state index contributed by atoms with van der Waals surface area (Å²) in [6.45, 7) is -0.0683. The molecule has 19 heavy (non-hydrogen) atoms. The average Bonchev–Trinajstić information content (AvgIpc) is 2.76. The SMILES string of the molecule is O=C(Cn1cccc1C(=O)O)Nc1cccc(Cl)c1. The van der Waals surface area contributed by atoms with Crippen molar-refractivity contribution in [2.45, 2.75) is 6.54 Å². The van der Waals surface area contributed by atoms with Crippen LogP contribution in [0.25, 0.3) is 0 Å². The van der Waals surface area contributed by atoms with Crippen molar-refractivity contribution in [2.75, 3.05) is 5.32 Å². The van der Waals surface area contributed by atoms with Gasteiger partial charge in [0.05, 0.1) is 0 Å². The zero-order valence-electron chi connectivity index (χ0n) is 9.84. The van der Waals surface area contributed by atoms with Crippen LogP contribution in [-0.4, -0.2) is 21.6 Å². The van der Waals surface area contributed by atoms with Gasteiger partial charge in [0.15, 0.2) is 0 Å². The van der Waals surface area contributed by atoms with Gasteiger partial charge in [-0.05, 0) is 30.3 Å². The minimum Gasteiger partial charge on any atom is -0.477 e. The molecule has 2 N–H and O–H groups in total. The second kappa shape index (κ2) is 5.58. The molecule has 2 aromatic rings. The number of carboxylic acid groups (broad SMARTS) is 1. The molecule has 0 fully saturated rings. The van der Waals surface area contributed by atoms with Crippen LogP contribution in [0.5, 0.6) is 0 Å². The number of rotatable bonds is 4. The van der Waals surface area contributed by atoms with Crippen LogP contribution in [0.1, 0.15) is 10.5 Å². The third-order valence-electron chi connectivity index (χ3n) is 2.47. The molecule has 1 heterocycles. The fourth-order valence-corrected chi connectivity index (χ4v) is 1.86. The molecule has 1 aromatic carbocycles. The standard InChI is InChI=1S/C13H11ClN2O3/c14-9-3-1-4-10(7-9)15-12(17)8-16-6-2-5-11(16)13(18)19/h1-7H,8H2,(H,15,17)(H,18,19). The Labute approximate surface area is 114 Å². The largest absolute Gasteiger partial charge is 0.477 e.